The SMILES string of the molecule is CCCCN(c1nc(NCCO)nc(N(CCCC)C2CCN(C)C(C)(C)C2(C)OCC(C)(C)O)n1)C1CCN(C)C(C)(C)C1(C)OCC(C)(C)O. The molecule has 4 unspecified atom stereocenters. The number of aromatic nitrogens is 3. The molecular formula is C39H76N8O5. The van der Waals surface area contributed by atoms with Gasteiger partial charge in [0.25, 0.3) is 0 Å². The number of anilines is 3. The monoisotopic (exact) mass is 737 g/mol. The molecule has 3 heterocycles. The third-order valence-electron chi connectivity index (χ3n) is 12.3. The molecule has 13 nitrogen and oxygen atoms in total. The summed E-state index contributed by atoms with van der Waals surface area (Å²) in [5.74, 6) is 1.54. The van der Waals surface area contributed by atoms with Gasteiger partial charge >= 0.3 is 0 Å². The molecule has 0 bridgehead atoms. The number of hydrogen-bond acceptors (Lipinski definition) is 13. The molecule has 2 fully saturated rings. The van der Waals surface area contributed by atoms with Crippen LogP contribution in [0.4, 0.5) is 17.8 Å². The topological polar surface area (TPSA) is 143 Å². The summed E-state index contributed by atoms with van der Waals surface area (Å²) < 4.78 is 13.7. The minimum atomic E-state index is -1.00. The first-order valence-corrected chi connectivity index (χ1v) is 19.8. The molecule has 1 aromatic heterocycles. The Labute approximate surface area is 315 Å². The Morgan fingerprint density at radius 2 is 1.12 bits per heavy atom. The molecule has 302 valence electrons. The van der Waals surface area contributed by atoms with Crippen LogP contribution in [-0.2, 0) is 9.47 Å². The van der Waals surface area contributed by atoms with Gasteiger partial charge < -0.3 is 39.9 Å². The van der Waals surface area contributed by atoms with Crippen molar-refractivity contribution in [3.63, 3.8) is 0 Å². The first-order valence-electron chi connectivity index (χ1n) is 19.8. The van der Waals surface area contributed by atoms with Gasteiger partial charge in [-0.05, 0) is 109 Å². The van der Waals surface area contributed by atoms with E-state index >= 15 is 0 Å². The van der Waals surface area contributed by atoms with Crippen molar-refractivity contribution in [2.24, 2.45) is 0 Å². The lowest BCUT2D eigenvalue weighted by molar-refractivity contribution is -0.185. The van der Waals surface area contributed by atoms with Crippen LogP contribution in [0.25, 0.3) is 0 Å². The summed E-state index contributed by atoms with van der Waals surface area (Å²) in [7, 11) is 4.28. The van der Waals surface area contributed by atoms with Gasteiger partial charge in [0.1, 0.15) is 11.2 Å². The standard InChI is InChI=1S/C39H76N8O5/c1-15-17-22-46(29-19-24-44(13)36(7,8)38(29,11)51-27-34(3,4)49)32-41-31(40-21-26-48)42-33(43-32)47(23-18-16-2)30-20-25-45(14)37(9,10)39(30,12)52-28-35(5,6)50/h29-30,48-50H,15-28H2,1-14H3,(H,40,41,42,43). The average Bonchev–Trinajstić information content (AvgIpc) is 3.05. The number of aliphatic hydroxyl groups is 3. The van der Waals surface area contributed by atoms with Gasteiger partial charge in [-0.3, -0.25) is 9.80 Å². The molecule has 0 aromatic carbocycles. The maximum atomic E-state index is 10.8. The molecule has 2 aliphatic rings. The molecule has 4 N–H and O–H groups in total. The summed E-state index contributed by atoms with van der Waals surface area (Å²) >= 11 is 0. The van der Waals surface area contributed by atoms with E-state index < -0.39 is 22.4 Å². The lowest BCUT2D eigenvalue weighted by Gasteiger charge is -2.59. The van der Waals surface area contributed by atoms with Crippen molar-refractivity contribution in [2.45, 2.75) is 167 Å². The van der Waals surface area contributed by atoms with E-state index in [1.807, 2.05) is 0 Å². The molecule has 1 aromatic rings. The van der Waals surface area contributed by atoms with Gasteiger partial charge in [0.15, 0.2) is 0 Å². The third kappa shape index (κ3) is 9.86. The van der Waals surface area contributed by atoms with Crippen molar-refractivity contribution in [1.29, 1.82) is 0 Å². The van der Waals surface area contributed by atoms with E-state index in [1.165, 1.54) is 0 Å². The number of aliphatic hydroxyl groups excluding tert-OH is 1. The summed E-state index contributed by atoms with van der Waals surface area (Å²) in [4.78, 5) is 24.8. The fraction of sp³-hybridized carbons (Fsp3) is 0.923. The maximum absolute atomic E-state index is 10.8. The van der Waals surface area contributed by atoms with E-state index in [0.29, 0.717) is 37.5 Å². The normalized spacial score (nSPS) is 27.1. The lowest BCUT2D eigenvalue weighted by Crippen LogP contribution is -2.73. The summed E-state index contributed by atoms with van der Waals surface area (Å²) in [6.45, 7) is 28.5. The molecule has 0 aliphatic carbocycles. The second-order valence-electron chi connectivity index (χ2n) is 18.0. The first-order chi connectivity index (χ1) is 24.0. The number of rotatable bonds is 19. The number of hydrogen-bond donors (Lipinski definition) is 4. The molecule has 0 amide bonds. The molecule has 2 saturated heterocycles. The zero-order chi connectivity index (χ0) is 39.3. The van der Waals surface area contributed by atoms with Crippen LogP contribution in [0.15, 0.2) is 0 Å². The average molecular weight is 737 g/mol. The molecule has 52 heavy (non-hydrogen) atoms. The van der Waals surface area contributed by atoms with E-state index in [-0.39, 0.29) is 43.0 Å². The van der Waals surface area contributed by atoms with Gasteiger partial charge in [0.2, 0.25) is 17.8 Å². The van der Waals surface area contributed by atoms with Crippen LogP contribution >= 0.6 is 0 Å². The van der Waals surface area contributed by atoms with Gasteiger partial charge in [-0.2, -0.15) is 15.0 Å². The minimum absolute atomic E-state index is 0.0620. The van der Waals surface area contributed by atoms with Crippen LogP contribution in [0, 0.1) is 0 Å². The molecule has 0 radical (unpaired) electrons. The molecule has 3 rings (SSSR count). The Balaban J connectivity index is 2.28. The molecule has 0 spiro atoms. The Hall–Kier alpha value is -1.87. The number of likely N-dealkylation sites (N-methyl/N-ethyl adjacent to an activating group) is 2. The van der Waals surface area contributed by atoms with Crippen LogP contribution in [-0.4, -0.2) is 152 Å². The van der Waals surface area contributed by atoms with E-state index in [2.05, 4.69) is 94.4 Å². The molecule has 4 atom stereocenters. The summed E-state index contributed by atoms with van der Waals surface area (Å²) in [5, 5.41) is 34.8. The zero-order valence-corrected chi connectivity index (χ0v) is 35.3. The smallest absolute Gasteiger partial charge is 0.232 e. The highest BCUT2D eigenvalue weighted by Gasteiger charge is 2.57. The van der Waals surface area contributed by atoms with Gasteiger partial charge in [-0.25, -0.2) is 0 Å². The fourth-order valence-electron chi connectivity index (χ4n) is 7.73. The number of ether oxygens (including phenoxy) is 2. The van der Waals surface area contributed by atoms with Crippen molar-refractivity contribution in [1.82, 2.24) is 24.8 Å². The van der Waals surface area contributed by atoms with E-state index in [1.54, 1.807) is 27.7 Å². The van der Waals surface area contributed by atoms with Gasteiger partial charge in [-0.15, -0.1) is 0 Å². The van der Waals surface area contributed by atoms with E-state index in [9.17, 15) is 15.3 Å². The quantitative estimate of drug-likeness (QED) is 0.158. The second-order valence-corrected chi connectivity index (χ2v) is 18.0. The van der Waals surface area contributed by atoms with Crippen molar-refractivity contribution in [2.75, 3.05) is 81.8 Å². The van der Waals surface area contributed by atoms with Crippen molar-refractivity contribution in [3.8, 4) is 0 Å². The van der Waals surface area contributed by atoms with Crippen molar-refractivity contribution >= 4 is 17.8 Å². The number of unbranched alkanes of at least 4 members (excludes halogenated alkanes) is 2. The number of likely N-dealkylation sites (tertiary alicyclic amines) is 2. The highest BCUT2D eigenvalue weighted by Crippen LogP contribution is 2.45. The highest BCUT2D eigenvalue weighted by atomic mass is 16.5. The molecule has 13 heteroatoms. The van der Waals surface area contributed by atoms with Crippen LogP contribution in [0.1, 0.15) is 122 Å². The Bertz CT molecular complexity index is 1180. The predicted molar refractivity (Wildman–Crippen MR) is 211 cm³/mol. The Kier molecular flexibility index (Phi) is 14.8. The maximum Gasteiger partial charge on any atom is 0.232 e. The van der Waals surface area contributed by atoms with Crippen LogP contribution in [0.2, 0.25) is 0 Å². The second kappa shape index (κ2) is 17.3. The molecule has 0 saturated carbocycles. The first kappa shape index (κ1) is 44.5. The minimum Gasteiger partial charge on any atom is -0.395 e. The number of piperidine rings is 2. The fourth-order valence-corrected chi connectivity index (χ4v) is 7.73. The molecular weight excluding hydrogens is 660 g/mol. The van der Waals surface area contributed by atoms with Crippen molar-refractivity contribution < 1.29 is 24.8 Å². The van der Waals surface area contributed by atoms with E-state index in [4.69, 9.17) is 24.4 Å². The number of nitrogens with one attached hydrogen (secondary N) is 1. The van der Waals surface area contributed by atoms with Crippen LogP contribution < -0.4 is 15.1 Å². The third-order valence-corrected chi connectivity index (χ3v) is 12.3. The Morgan fingerprint density at radius 3 is 1.44 bits per heavy atom. The summed E-state index contributed by atoms with van der Waals surface area (Å²) in [6, 6.07) is -0.222. The Morgan fingerprint density at radius 1 is 0.731 bits per heavy atom. The lowest BCUT2D eigenvalue weighted by atomic mass is 9.72. The highest BCUT2D eigenvalue weighted by molar-refractivity contribution is 5.48. The van der Waals surface area contributed by atoms with E-state index in [0.717, 1.165) is 51.6 Å². The predicted octanol–water partition coefficient (Wildman–Crippen LogP) is 4.55. The van der Waals surface area contributed by atoms with Gasteiger partial charge in [0.05, 0.1) is 43.1 Å². The van der Waals surface area contributed by atoms with Crippen LogP contribution in [0.3, 0.4) is 0 Å². The van der Waals surface area contributed by atoms with Crippen molar-refractivity contribution in [3.05, 3.63) is 0 Å². The number of nitrogens with zero attached hydrogens (tertiary/aromatic N) is 7. The summed E-state index contributed by atoms with van der Waals surface area (Å²) in [5.41, 5.74) is -4.18. The van der Waals surface area contributed by atoms with Gasteiger partial charge in [-0.1, -0.05) is 26.7 Å². The van der Waals surface area contributed by atoms with Crippen LogP contribution in [0.5, 0.6) is 0 Å². The zero-order valence-electron chi connectivity index (χ0n) is 35.3. The molecule has 2 aliphatic heterocycles. The largest absolute Gasteiger partial charge is 0.395 e. The summed E-state index contributed by atoms with van der Waals surface area (Å²) in [6.07, 6.45) is 5.48. The van der Waals surface area contributed by atoms with Gasteiger partial charge in [0, 0.05) is 43.8 Å².